The van der Waals surface area contributed by atoms with Crippen LogP contribution in [0.3, 0.4) is 0 Å². The molecule has 5 heteroatoms. The van der Waals surface area contributed by atoms with Crippen LogP contribution in [0, 0.1) is 0 Å². The van der Waals surface area contributed by atoms with E-state index < -0.39 is 11.6 Å². The second-order valence-corrected chi connectivity index (χ2v) is 4.26. The molecule has 1 aromatic rings. The van der Waals surface area contributed by atoms with Crippen LogP contribution in [0.5, 0.6) is 5.75 Å². The lowest BCUT2D eigenvalue weighted by Crippen LogP contribution is -2.37. The first kappa shape index (κ1) is 14.5. The fraction of sp³-hybridized carbons (Fsp3) is 0.462. The number of benzene rings is 1. The Morgan fingerprint density at radius 1 is 1.33 bits per heavy atom. The summed E-state index contributed by atoms with van der Waals surface area (Å²) in [7, 11) is 0. The number of nitrogens with two attached hydrogens (primary N) is 1. The van der Waals surface area contributed by atoms with Crippen molar-refractivity contribution in [2.24, 2.45) is 5.73 Å². The minimum Gasteiger partial charge on any atom is -0.490 e. The number of rotatable bonds is 7. The van der Waals surface area contributed by atoms with Crippen LogP contribution in [0.25, 0.3) is 0 Å². The smallest absolute Gasteiger partial charge is 0.308 e. The van der Waals surface area contributed by atoms with Crippen LogP contribution in [0.2, 0.25) is 0 Å². The number of ether oxygens (including phenoxy) is 2. The van der Waals surface area contributed by atoms with E-state index in [0.29, 0.717) is 0 Å². The largest absolute Gasteiger partial charge is 0.490 e. The lowest BCUT2D eigenvalue weighted by molar-refractivity contribution is -0.149. The van der Waals surface area contributed by atoms with Crippen LogP contribution in [0.4, 0.5) is 0 Å². The van der Waals surface area contributed by atoms with E-state index in [1.807, 2.05) is 30.3 Å². The maximum Gasteiger partial charge on any atom is 0.308 e. The molecule has 100 valence electrons. The summed E-state index contributed by atoms with van der Waals surface area (Å²) in [4.78, 5) is 11.3. The summed E-state index contributed by atoms with van der Waals surface area (Å²) in [5.41, 5.74) is 4.09. The summed E-state index contributed by atoms with van der Waals surface area (Å²) in [6.45, 7) is 1.94. The number of carbonyl (C=O) groups excluding carboxylic acids is 1. The Labute approximate surface area is 107 Å². The van der Waals surface area contributed by atoms with Crippen molar-refractivity contribution in [2.75, 3.05) is 19.8 Å². The van der Waals surface area contributed by atoms with Gasteiger partial charge >= 0.3 is 5.97 Å². The molecule has 0 aliphatic carbocycles. The molecule has 0 spiro atoms. The highest BCUT2D eigenvalue weighted by Crippen LogP contribution is 2.09. The Morgan fingerprint density at radius 3 is 2.61 bits per heavy atom. The van der Waals surface area contributed by atoms with Gasteiger partial charge in [0, 0.05) is 6.54 Å². The second kappa shape index (κ2) is 6.98. The Kier molecular flexibility index (Phi) is 5.61. The molecule has 1 rings (SSSR count). The highest BCUT2D eigenvalue weighted by atomic mass is 16.6. The molecule has 3 N–H and O–H groups in total. The van der Waals surface area contributed by atoms with Crippen LogP contribution in [0.15, 0.2) is 30.3 Å². The van der Waals surface area contributed by atoms with Crippen LogP contribution in [-0.2, 0) is 9.53 Å². The fourth-order valence-corrected chi connectivity index (χ4v) is 1.27. The van der Waals surface area contributed by atoms with E-state index in [1.165, 1.54) is 6.92 Å². The van der Waals surface area contributed by atoms with Crippen molar-refractivity contribution in [3.05, 3.63) is 30.3 Å². The average molecular weight is 253 g/mol. The third kappa shape index (κ3) is 5.65. The maximum absolute atomic E-state index is 11.3. The average Bonchev–Trinajstić information content (AvgIpc) is 2.35. The van der Waals surface area contributed by atoms with Gasteiger partial charge in [-0.3, -0.25) is 4.79 Å². The first-order chi connectivity index (χ1) is 8.53. The highest BCUT2D eigenvalue weighted by Gasteiger charge is 2.23. The number of hydrogen-bond donors (Lipinski definition) is 2. The fourth-order valence-electron chi connectivity index (χ4n) is 1.27. The van der Waals surface area contributed by atoms with Gasteiger partial charge in [0.1, 0.15) is 19.0 Å². The van der Waals surface area contributed by atoms with Crippen molar-refractivity contribution in [2.45, 2.75) is 18.9 Å². The Hall–Kier alpha value is -1.59. The minimum atomic E-state index is -1.21. The molecule has 0 saturated carbocycles. The topological polar surface area (TPSA) is 81.8 Å². The van der Waals surface area contributed by atoms with Crippen molar-refractivity contribution in [3.63, 3.8) is 0 Å². The molecule has 18 heavy (non-hydrogen) atoms. The molecule has 1 unspecified atom stereocenters. The second-order valence-electron chi connectivity index (χ2n) is 4.26. The summed E-state index contributed by atoms with van der Waals surface area (Å²) in [6, 6.07) is 9.25. The predicted octanol–water partition coefficient (Wildman–Crippen LogP) is 0.708. The summed E-state index contributed by atoms with van der Waals surface area (Å²) >= 11 is 0. The summed E-state index contributed by atoms with van der Waals surface area (Å²) < 4.78 is 10.3. The van der Waals surface area contributed by atoms with E-state index in [0.717, 1.165) is 5.75 Å². The zero-order valence-corrected chi connectivity index (χ0v) is 10.5. The van der Waals surface area contributed by atoms with Gasteiger partial charge in [-0.05, 0) is 19.1 Å². The van der Waals surface area contributed by atoms with Crippen LogP contribution in [0.1, 0.15) is 13.3 Å². The van der Waals surface area contributed by atoms with Gasteiger partial charge in [0.25, 0.3) is 0 Å². The first-order valence-corrected chi connectivity index (χ1v) is 5.79. The number of esters is 1. The Bertz CT molecular complexity index is 365. The SMILES string of the molecule is CC(O)(CN)CC(=O)OCCOc1ccccc1. The van der Waals surface area contributed by atoms with Gasteiger partial charge in [0.15, 0.2) is 0 Å². The molecular formula is C13H19NO4. The summed E-state index contributed by atoms with van der Waals surface area (Å²) in [6.07, 6.45) is -0.116. The molecular weight excluding hydrogens is 234 g/mol. The molecule has 0 bridgehead atoms. The van der Waals surface area contributed by atoms with E-state index in [1.54, 1.807) is 0 Å². The molecule has 0 amide bonds. The number of para-hydroxylation sites is 1. The molecule has 5 nitrogen and oxygen atoms in total. The van der Waals surface area contributed by atoms with Crippen molar-refractivity contribution in [1.29, 1.82) is 0 Å². The molecule has 0 fully saturated rings. The molecule has 1 aromatic carbocycles. The molecule has 1 atom stereocenters. The van der Waals surface area contributed by atoms with E-state index in [9.17, 15) is 9.90 Å². The normalized spacial score (nSPS) is 13.7. The van der Waals surface area contributed by atoms with Gasteiger partial charge in [0.2, 0.25) is 0 Å². The van der Waals surface area contributed by atoms with Crippen molar-refractivity contribution >= 4 is 5.97 Å². The molecule has 0 aliphatic rings. The Balaban J connectivity index is 2.17. The van der Waals surface area contributed by atoms with Crippen molar-refractivity contribution in [1.82, 2.24) is 0 Å². The molecule has 0 saturated heterocycles. The highest BCUT2D eigenvalue weighted by molar-refractivity contribution is 5.70. The number of carbonyl (C=O) groups is 1. The monoisotopic (exact) mass is 253 g/mol. The molecule has 0 radical (unpaired) electrons. The van der Waals surface area contributed by atoms with Gasteiger partial charge in [-0.1, -0.05) is 18.2 Å². The Morgan fingerprint density at radius 2 is 2.00 bits per heavy atom. The minimum absolute atomic E-state index is 0.0165. The lowest BCUT2D eigenvalue weighted by atomic mass is 10.0. The van der Waals surface area contributed by atoms with Crippen molar-refractivity contribution in [3.8, 4) is 5.75 Å². The van der Waals surface area contributed by atoms with Crippen molar-refractivity contribution < 1.29 is 19.4 Å². The third-order valence-electron chi connectivity index (χ3n) is 2.32. The van der Waals surface area contributed by atoms with Crippen LogP contribution in [-0.4, -0.2) is 36.4 Å². The van der Waals surface area contributed by atoms with E-state index in [2.05, 4.69) is 0 Å². The summed E-state index contributed by atoms with van der Waals surface area (Å²) in [5.74, 6) is 0.240. The van der Waals surface area contributed by atoms with E-state index in [4.69, 9.17) is 15.2 Å². The van der Waals surface area contributed by atoms with Gasteiger partial charge in [-0.2, -0.15) is 0 Å². The van der Waals surface area contributed by atoms with Gasteiger partial charge in [-0.25, -0.2) is 0 Å². The predicted molar refractivity (Wildman–Crippen MR) is 67.2 cm³/mol. The van der Waals surface area contributed by atoms with Crippen LogP contribution < -0.4 is 10.5 Å². The maximum atomic E-state index is 11.3. The van der Waals surface area contributed by atoms with Gasteiger partial charge < -0.3 is 20.3 Å². The molecule has 0 aliphatic heterocycles. The first-order valence-electron chi connectivity index (χ1n) is 5.79. The van der Waals surface area contributed by atoms with E-state index >= 15 is 0 Å². The third-order valence-corrected chi connectivity index (χ3v) is 2.32. The van der Waals surface area contributed by atoms with E-state index in [-0.39, 0.29) is 26.2 Å². The van der Waals surface area contributed by atoms with Gasteiger partial charge in [0.05, 0.1) is 12.0 Å². The summed E-state index contributed by atoms with van der Waals surface area (Å²) in [5, 5.41) is 9.57. The number of hydrogen-bond acceptors (Lipinski definition) is 5. The standard InChI is InChI=1S/C13H19NO4/c1-13(16,10-14)9-12(15)18-8-7-17-11-5-3-2-4-6-11/h2-6,16H,7-10,14H2,1H3. The van der Waals surface area contributed by atoms with Gasteiger partial charge in [-0.15, -0.1) is 0 Å². The zero-order chi connectivity index (χ0) is 13.4. The quantitative estimate of drug-likeness (QED) is 0.552. The molecule has 0 aromatic heterocycles. The van der Waals surface area contributed by atoms with Crippen LogP contribution >= 0.6 is 0 Å². The lowest BCUT2D eigenvalue weighted by Gasteiger charge is -2.19. The zero-order valence-electron chi connectivity index (χ0n) is 10.5. The number of aliphatic hydroxyl groups is 1. The molecule has 0 heterocycles.